The van der Waals surface area contributed by atoms with Crippen LogP contribution in [0.4, 0.5) is 5.69 Å². The summed E-state index contributed by atoms with van der Waals surface area (Å²) in [7, 11) is -3.85. The summed E-state index contributed by atoms with van der Waals surface area (Å²) in [5.41, 5.74) is 2.31. The van der Waals surface area contributed by atoms with E-state index < -0.39 is 16.1 Å². The summed E-state index contributed by atoms with van der Waals surface area (Å²) in [5.74, 6) is -0.113. The van der Waals surface area contributed by atoms with E-state index in [2.05, 4.69) is 21.9 Å². The summed E-state index contributed by atoms with van der Waals surface area (Å²) in [6.07, 6.45) is 11.2. The van der Waals surface area contributed by atoms with Gasteiger partial charge in [-0.3, -0.25) is 18.8 Å². The number of pyridine rings is 1. The summed E-state index contributed by atoms with van der Waals surface area (Å²) in [4.78, 5) is 17.0. The van der Waals surface area contributed by atoms with Gasteiger partial charge >= 0.3 is 5.69 Å². The van der Waals surface area contributed by atoms with E-state index in [-0.39, 0.29) is 16.5 Å². The van der Waals surface area contributed by atoms with Crippen molar-refractivity contribution in [2.75, 3.05) is 17.8 Å². The second-order valence-corrected chi connectivity index (χ2v) is 12.3. The normalized spacial score (nSPS) is 12.3. The van der Waals surface area contributed by atoms with Crippen molar-refractivity contribution in [3.8, 4) is 11.6 Å². The van der Waals surface area contributed by atoms with Gasteiger partial charge in [0.15, 0.2) is 0 Å². The van der Waals surface area contributed by atoms with Gasteiger partial charge in [-0.2, -0.15) is 0 Å². The first-order valence-corrected chi connectivity index (χ1v) is 16.3. The fraction of sp³-hybridized carbons (Fsp3) is 0.375. The minimum Gasteiger partial charge on any atom is -0.493 e. The molecule has 0 fully saturated rings. The number of imidazole rings is 1. The number of sulfonamides is 1. The van der Waals surface area contributed by atoms with E-state index in [1.807, 2.05) is 18.2 Å². The summed E-state index contributed by atoms with van der Waals surface area (Å²) >= 11 is 0. The smallest absolute Gasteiger partial charge is 0.335 e. The van der Waals surface area contributed by atoms with Crippen molar-refractivity contribution < 1.29 is 18.6 Å². The fourth-order valence-electron chi connectivity index (χ4n) is 4.82. The maximum absolute atomic E-state index is 13.0. The van der Waals surface area contributed by atoms with Crippen LogP contribution in [0.2, 0.25) is 0 Å². The molecule has 4 aromatic rings. The second kappa shape index (κ2) is 15.5. The van der Waals surface area contributed by atoms with Crippen molar-refractivity contribution in [3.63, 3.8) is 0 Å². The standard InChI is InChI=1S/C32H41N5O5S/c1-2-3-4-5-6-7-21-36-31(39)24-37(32(36)40)28-14-16-29(17-15-28)43(41,42)35-27-12-10-25(11-13-27)18-20-34-23-30(38)26-9-8-19-33-22-26/h8-17,19,22,24,30,34-35,38-39H,2-7,18,20-21,23H2,1H3/t30-/m0/s1. The van der Waals surface area contributed by atoms with Gasteiger partial charge in [0.05, 0.1) is 22.9 Å². The first kappa shape index (κ1) is 32.0. The van der Waals surface area contributed by atoms with E-state index in [0.29, 0.717) is 37.4 Å². The Kier molecular flexibility index (Phi) is 11.5. The van der Waals surface area contributed by atoms with E-state index in [1.54, 1.807) is 42.7 Å². The lowest BCUT2D eigenvalue weighted by Crippen LogP contribution is -2.23. The van der Waals surface area contributed by atoms with Crippen LogP contribution in [0.3, 0.4) is 0 Å². The lowest BCUT2D eigenvalue weighted by Gasteiger charge is -2.12. The van der Waals surface area contributed by atoms with Gasteiger partial charge < -0.3 is 15.5 Å². The molecule has 10 nitrogen and oxygen atoms in total. The molecule has 0 radical (unpaired) electrons. The molecule has 0 bridgehead atoms. The molecule has 0 saturated carbocycles. The van der Waals surface area contributed by atoms with E-state index in [1.165, 1.54) is 46.7 Å². The summed E-state index contributed by atoms with van der Waals surface area (Å²) < 4.78 is 31.3. The molecule has 2 aromatic carbocycles. The molecule has 4 N–H and O–H groups in total. The van der Waals surface area contributed by atoms with Crippen molar-refractivity contribution >= 4 is 15.7 Å². The Hall–Kier alpha value is -3.93. The van der Waals surface area contributed by atoms with Crippen LogP contribution in [-0.2, 0) is 23.0 Å². The molecule has 0 aliphatic rings. The third-order valence-electron chi connectivity index (χ3n) is 7.32. The number of hydrogen-bond donors (Lipinski definition) is 4. The predicted molar refractivity (Wildman–Crippen MR) is 168 cm³/mol. The third-order valence-corrected chi connectivity index (χ3v) is 8.72. The molecule has 0 amide bonds. The Morgan fingerprint density at radius 2 is 1.67 bits per heavy atom. The topological polar surface area (TPSA) is 138 Å². The van der Waals surface area contributed by atoms with Gasteiger partial charge in [0, 0.05) is 36.7 Å². The Balaban J connectivity index is 1.29. The zero-order chi connectivity index (χ0) is 30.7. The highest BCUT2D eigenvalue weighted by molar-refractivity contribution is 7.92. The number of nitrogens with zero attached hydrogens (tertiary/aromatic N) is 3. The Morgan fingerprint density at radius 1 is 0.953 bits per heavy atom. The molecule has 11 heteroatoms. The zero-order valence-electron chi connectivity index (χ0n) is 24.5. The molecule has 4 rings (SSSR count). The van der Waals surface area contributed by atoms with E-state index >= 15 is 0 Å². The highest BCUT2D eigenvalue weighted by atomic mass is 32.2. The van der Waals surface area contributed by atoms with Crippen LogP contribution < -0.4 is 15.7 Å². The first-order chi connectivity index (χ1) is 20.8. The fourth-order valence-corrected chi connectivity index (χ4v) is 5.87. The maximum Gasteiger partial charge on any atom is 0.335 e. The van der Waals surface area contributed by atoms with Gasteiger partial charge in [-0.15, -0.1) is 0 Å². The molecule has 230 valence electrons. The molecule has 1 atom stereocenters. The van der Waals surface area contributed by atoms with Crippen LogP contribution in [0.5, 0.6) is 5.88 Å². The molecule has 0 aliphatic carbocycles. The zero-order valence-corrected chi connectivity index (χ0v) is 25.3. The van der Waals surface area contributed by atoms with Crippen LogP contribution in [0.1, 0.15) is 62.7 Å². The van der Waals surface area contributed by atoms with E-state index in [4.69, 9.17) is 0 Å². The number of anilines is 1. The molecule has 0 spiro atoms. The lowest BCUT2D eigenvalue weighted by molar-refractivity contribution is 0.174. The van der Waals surface area contributed by atoms with Crippen LogP contribution in [0.15, 0.2) is 88.9 Å². The summed E-state index contributed by atoms with van der Waals surface area (Å²) in [6, 6.07) is 16.7. The van der Waals surface area contributed by atoms with Crippen molar-refractivity contribution in [1.29, 1.82) is 0 Å². The number of aliphatic hydroxyl groups is 1. The molecule has 0 aliphatic heterocycles. The van der Waals surface area contributed by atoms with Crippen molar-refractivity contribution in [2.45, 2.75) is 69.4 Å². The molecule has 0 saturated heterocycles. The highest BCUT2D eigenvalue weighted by Crippen LogP contribution is 2.20. The third kappa shape index (κ3) is 9.03. The van der Waals surface area contributed by atoms with Gasteiger partial charge in [-0.1, -0.05) is 57.2 Å². The quantitative estimate of drug-likeness (QED) is 0.127. The van der Waals surface area contributed by atoms with Crippen molar-refractivity contribution in [2.24, 2.45) is 0 Å². The van der Waals surface area contributed by atoms with Crippen LogP contribution in [-0.4, -0.2) is 45.8 Å². The SMILES string of the molecule is CCCCCCCCn1c(O)cn(-c2ccc(S(=O)(=O)Nc3ccc(CCNC[C@H](O)c4cccnc4)cc3)cc2)c1=O. The largest absolute Gasteiger partial charge is 0.493 e. The number of aromatic nitrogens is 3. The Labute approximate surface area is 253 Å². The van der Waals surface area contributed by atoms with Crippen LogP contribution >= 0.6 is 0 Å². The van der Waals surface area contributed by atoms with Gasteiger partial charge in [0.2, 0.25) is 5.88 Å². The van der Waals surface area contributed by atoms with Crippen LogP contribution in [0.25, 0.3) is 5.69 Å². The predicted octanol–water partition coefficient (Wildman–Crippen LogP) is 4.77. The number of benzene rings is 2. The maximum atomic E-state index is 13.0. The minimum absolute atomic E-state index is 0.0560. The monoisotopic (exact) mass is 607 g/mol. The van der Waals surface area contributed by atoms with Crippen LogP contribution in [0, 0.1) is 0 Å². The van der Waals surface area contributed by atoms with Gasteiger partial charge in [-0.25, -0.2) is 13.2 Å². The number of rotatable bonds is 17. The number of aliphatic hydroxyl groups excluding tert-OH is 1. The Bertz CT molecular complexity index is 1580. The molecule has 2 heterocycles. The molecule has 43 heavy (non-hydrogen) atoms. The lowest BCUT2D eigenvalue weighted by atomic mass is 10.1. The average Bonchev–Trinajstić information content (AvgIpc) is 3.30. The summed E-state index contributed by atoms with van der Waals surface area (Å²) in [5, 5.41) is 23.8. The van der Waals surface area contributed by atoms with E-state index in [9.17, 15) is 23.4 Å². The second-order valence-electron chi connectivity index (χ2n) is 10.6. The number of aromatic hydroxyl groups is 1. The minimum atomic E-state index is -3.85. The first-order valence-electron chi connectivity index (χ1n) is 14.8. The average molecular weight is 608 g/mol. The number of nitrogens with one attached hydrogen (secondary N) is 2. The van der Waals surface area contributed by atoms with Crippen molar-refractivity contribution in [1.82, 2.24) is 19.4 Å². The molecule has 2 aromatic heterocycles. The molecular formula is C32H41N5O5S. The van der Waals surface area contributed by atoms with E-state index in [0.717, 1.165) is 30.4 Å². The number of hydrogen-bond acceptors (Lipinski definition) is 7. The van der Waals surface area contributed by atoms with Gasteiger partial charge in [0.1, 0.15) is 0 Å². The highest BCUT2D eigenvalue weighted by Gasteiger charge is 2.16. The summed E-state index contributed by atoms with van der Waals surface area (Å²) in [6.45, 7) is 3.66. The molecule has 0 unspecified atom stereocenters. The Morgan fingerprint density at radius 3 is 2.37 bits per heavy atom. The van der Waals surface area contributed by atoms with Crippen molar-refractivity contribution in [3.05, 3.63) is 101 Å². The number of unbranched alkanes of at least 4 members (excludes halogenated alkanes) is 5. The van der Waals surface area contributed by atoms with Gasteiger partial charge in [-0.05, 0) is 67.4 Å². The molecular weight excluding hydrogens is 566 g/mol. The van der Waals surface area contributed by atoms with Gasteiger partial charge in [0.25, 0.3) is 10.0 Å².